The molecular formula is C23H25Cl2FN4O. The van der Waals surface area contributed by atoms with E-state index in [1.54, 1.807) is 30.3 Å². The molecule has 0 aliphatic carbocycles. The molecule has 2 aromatic carbocycles. The minimum Gasteiger partial charge on any atom is -0.355 e. The number of halogens is 3. The minimum atomic E-state index is -0.281. The molecule has 0 saturated carbocycles. The fraction of sp³-hybridized carbons (Fsp3) is 0.391. The fourth-order valence-electron chi connectivity index (χ4n) is 4.03. The lowest BCUT2D eigenvalue weighted by molar-refractivity contribution is -0.121. The number of aromatic nitrogens is 2. The third kappa shape index (κ3) is 5.37. The molecule has 0 radical (unpaired) electrons. The molecule has 1 N–H and O–H groups in total. The van der Waals surface area contributed by atoms with Gasteiger partial charge in [-0.25, -0.2) is 9.37 Å². The maximum atomic E-state index is 14.2. The van der Waals surface area contributed by atoms with Gasteiger partial charge in [-0.2, -0.15) is 0 Å². The van der Waals surface area contributed by atoms with E-state index < -0.39 is 0 Å². The van der Waals surface area contributed by atoms with Gasteiger partial charge in [-0.3, -0.25) is 4.79 Å². The highest BCUT2D eigenvalue weighted by molar-refractivity contribution is 6.42. The van der Waals surface area contributed by atoms with Crippen LogP contribution in [0.4, 0.5) is 4.39 Å². The summed E-state index contributed by atoms with van der Waals surface area (Å²) in [6.45, 7) is 4.17. The Hall–Kier alpha value is -2.15. The summed E-state index contributed by atoms with van der Waals surface area (Å²) in [5.74, 6) is 0.373. The Balaban J connectivity index is 1.49. The molecular weight excluding hydrogens is 438 g/mol. The van der Waals surface area contributed by atoms with Crippen molar-refractivity contribution in [2.24, 2.45) is 0 Å². The second-order valence-electron chi connectivity index (χ2n) is 7.85. The van der Waals surface area contributed by atoms with Gasteiger partial charge in [-0.05, 0) is 49.7 Å². The molecule has 31 heavy (non-hydrogen) atoms. The van der Waals surface area contributed by atoms with Gasteiger partial charge < -0.3 is 14.8 Å². The van der Waals surface area contributed by atoms with Crippen LogP contribution in [0.25, 0.3) is 11.0 Å². The van der Waals surface area contributed by atoms with Crippen LogP contribution in [0.2, 0.25) is 10.0 Å². The van der Waals surface area contributed by atoms with Crippen LogP contribution in [0.3, 0.4) is 0 Å². The molecule has 1 aliphatic rings. The largest absolute Gasteiger partial charge is 0.355 e. The summed E-state index contributed by atoms with van der Waals surface area (Å²) < 4.78 is 16.2. The molecule has 0 atom stereocenters. The number of carbonyl (C=O) groups is 1. The standard InChI is InChI=1S/C23H25Cl2FN4O/c24-17-14-20-21(15-18(17)25)30(22(28-20)13-16-5-1-2-6-19(16)26)11-7-23(31)27-8-12-29-9-3-4-10-29/h1-2,5-6,14-15H,3-4,7-13H2,(H,27,31). The monoisotopic (exact) mass is 462 g/mol. The number of nitrogens with zero attached hydrogens (tertiary/aromatic N) is 3. The molecule has 1 aliphatic heterocycles. The predicted octanol–water partition coefficient (Wildman–Crippen LogP) is 4.68. The zero-order valence-corrected chi connectivity index (χ0v) is 18.7. The number of amides is 1. The molecule has 1 amide bonds. The van der Waals surface area contributed by atoms with Crippen LogP contribution >= 0.6 is 23.2 Å². The van der Waals surface area contributed by atoms with Crippen molar-refractivity contribution in [2.75, 3.05) is 26.2 Å². The molecule has 1 fully saturated rings. The molecule has 1 aromatic heterocycles. The van der Waals surface area contributed by atoms with Crippen molar-refractivity contribution in [1.82, 2.24) is 19.8 Å². The second kappa shape index (κ2) is 9.98. The van der Waals surface area contributed by atoms with Crippen molar-refractivity contribution < 1.29 is 9.18 Å². The number of nitrogens with one attached hydrogen (secondary N) is 1. The van der Waals surface area contributed by atoms with Crippen molar-refractivity contribution in [3.63, 3.8) is 0 Å². The molecule has 0 bridgehead atoms. The average Bonchev–Trinajstić information content (AvgIpc) is 3.37. The van der Waals surface area contributed by atoms with Crippen LogP contribution in [-0.4, -0.2) is 46.5 Å². The number of rotatable bonds is 8. The molecule has 8 heteroatoms. The zero-order chi connectivity index (χ0) is 21.8. The third-order valence-electron chi connectivity index (χ3n) is 5.69. The number of aryl methyl sites for hydroxylation is 1. The van der Waals surface area contributed by atoms with Crippen LogP contribution in [0.1, 0.15) is 30.7 Å². The number of carbonyl (C=O) groups excluding carboxylic acids is 1. The molecule has 1 saturated heterocycles. The van der Waals surface area contributed by atoms with E-state index >= 15 is 0 Å². The van der Waals surface area contributed by atoms with Gasteiger partial charge in [0.05, 0.1) is 21.1 Å². The lowest BCUT2D eigenvalue weighted by atomic mass is 10.1. The molecule has 2 heterocycles. The molecule has 4 rings (SSSR count). The van der Waals surface area contributed by atoms with Crippen molar-refractivity contribution in [3.8, 4) is 0 Å². The highest BCUT2D eigenvalue weighted by Crippen LogP contribution is 2.29. The van der Waals surface area contributed by atoms with Crippen LogP contribution in [0.15, 0.2) is 36.4 Å². The number of likely N-dealkylation sites (tertiary alicyclic amines) is 1. The van der Waals surface area contributed by atoms with E-state index in [0.29, 0.717) is 52.9 Å². The van der Waals surface area contributed by atoms with Gasteiger partial charge in [-0.15, -0.1) is 0 Å². The number of imidazole rings is 1. The van der Waals surface area contributed by atoms with Gasteiger partial charge in [0.25, 0.3) is 0 Å². The summed E-state index contributed by atoms with van der Waals surface area (Å²) in [7, 11) is 0. The first-order chi connectivity index (χ1) is 15.0. The summed E-state index contributed by atoms with van der Waals surface area (Å²) in [5.41, 5.74) is 2.01. The summed E-state index contributed by atoms with van der Waals surface area (Å²) in [6.07, 6.45) is 3.08. The molecule has 3 aromatic rings. The van der Waals surface area contributed by atoms with Gasteiger partial charge in [0.15, 0.2) is 0 Å². The van der Waals surface area contributed by atoms with E-state index in [4.69, 9.17) is 23.2 Å². The predicted molar refractivity (Wildman–Crippen MR) is 122 cm³/mol. The van der Waals surface area contributed by atoms with Crippen molar-refractivity contribution >= 4 is 40.1 Å². The van der Waals surface area contributed by atoms with Gasteiger partial charge in [0, 0.05) is 32.5 Å². The number of hydrogen-bond donors (Lipinski definition) is 1. The lowest BCUT2D eigenvalue weighted by Gasteiger charge is -2.15. The highest BCUT2D eigenvalue weighted by atomic mass is 35.5. The number of hydrogen-bond acceptors (Lipinski definition) is 3. The molecule has 0 spiro atoms. The van der Waals surface area contributed by atoms with E-state index in [-0.39, 0.29) is 11.7 Å². The summed E-state index contributed by atoms with van der Waals surface area (Å²) in [5, 5.41) is 3.83. The summed E-state index contributed by atoms with van der Waals surface area (Å²) in [6, 6.07) is 10.1. The topological polar surface area (TPSA) is 50.2 Å². The van der Waals surface area contributed by atoms with Gasteiger partial charge in [0.1, 0.15) is 11.6 Å². The smallest absolute Gasteiger partial charge is 0.221 e. The normalized spacial score (nSPS) is 14.4. The number of benzene rings is 2. The van der Waals surface area contributed by atoms with Crippen LogP contribution in [-0.2, 0) is 17.8 Å². The highest BCUT2D eigenvalue weighted by Gasteiger charge is 2.16. The first-order valence-electron chi connectivity index (χ1n) is 10.6. The molecule has 164 valence electrons. The van der Waals surface area contributed by atoms with E-state index in [1.165, 1.54) is 18.9 Å². The molecule has 0 unspecified atom stereocenters. The third-order valence-corrected chi connectivity index (χ3v) is 6.41. The van der Waals surface area contributed by atoms with E-state index in [0.717, 1.165) is 25.2 Å². The van der Waals surface area contributed by atoms with Crippen molar-refractivity contribution in [1.29, 1.82) is 0 Å². The zero-order valence-electron chi connectivity index (χ0n) is 17.2. The Labute approximate surface area is 191 Å². The quantitative estimate of drug-likeness (QED) is 0.528. The van der Waals surface area contributed by atoms with Gasteiger partial charge in [0.2, 0.25) is 5.91 Å². The Morgan fingerprint density at radius 3 is 2.61 bits per heavy atom. The minimum absolute atomic E-state index is 0.0158. The van der Waals surface area contributed by atoms with Crippen LogP contribution in [0, 0.1) is 5.82 Å². The Morgan fingerprint density at radius 2 is 1.84 bits per heavy atom. The maximum absolute atomic E-state index is 14.2. The van der Waals surface area contributed by atoms with Crippen molar-refractivity contribution in [3.05, 3.63) is 63.6 Å². The first kappa shape index (κ1) is 22.1. The van der Waals surface area contributed by atoms with Gasteiger partial charge >= 0.3 is 0 Å². The van der Waals surface area contributed by atoms with Crippen molar-refractivity contribution in [2.45, 2.75) is 32.2 Å². The van der Waals surface area contributed by atoms with E-state index in [2.05, 4.69) is 15.2 Å². The average molecular weight is 463 g/mol. The van der Waals surface area contributed by atoms with Gasteiger partial charge in [-0.1, -0.05) is 41.4 Å². The van der Waals surface area contributed by atoms with E-state index in [1.807, 2.05) is 4.57 Å². The summed E-state index contributed by atoms with van der Waals surface area (Å²) >= 11 is 12.4. The van der Waals surface area contributed by atoms with E-state index in [9.17, 15) is 9.18 Å². The van der Waals surface area contributed by atoms with Crippen LogP contribution in [0.5, 0.6) is 0 Å². The Kier molecular flexibility index (Phi) is 7.10. The maximum Gasteiger partial charge on any atom is 0.221 e. The second-order valence-corrected chi connectivity index (χ2v) is 8.67. The van der Waals surface area contributed by atoms with Crippen LogP contribution < -0.4 is 5.32 Å². The fourth-order valence-corrected chi connectivity index (χ4v) is 4.34. The lowest BCUT2D eigenvalue weighted by Crippen LogP contribution is -2.33. The summed E-state index contributed by atoms with van der Waals surface area (Å²) in [4.78, 5) is 19.4. The molecule has 5 nitrogen and oxygen atoms in total. The Morgan fingerprint density at radius 1 is 1.10 bits per heavy atom. The SMILES string of the molecule is O=C(CCn1c(Cc2ccccc2F)nc2cc(Cl)c(Cl)cc21)NCCN1CCCC1. The first-order valence-corrected chi connectivity index (χ1v) is 11.3. The Bertz CT molecular complexity index is 1080. The number of fused-ring (bicyclic) bond motifs is 1.